The lowest BCUT2D eigenvalue weighted by atomic mass is 9.96. The van der Waals surface area contributed by atoms with E-state index in [2.05, 4.69) is 30.3 Å². The number of hydrogen-bond donors (Lipinski definition) is 0. The molecule has 0 saturated heterocycles. The number of amides is 1. The van der Waals surface area contributed by atoms with Gasteiger partial charge >= 0.3 is 0 Å². The third-order valence-electron chi connectivity index (χ3n) is 6.44. The minimum Gasteiger partial charge on any atom is -0.483 e. The molecule has 4 aromatic carbocycles. The van der Waals surface area contributed by atoms with E-state index < -0.39 is 0 Å². The second kappa shape index (κ2) is 10.0. The number of carbonyl (C=O) groups is 2. The fourth-order valence-corrected chi connectivity index (χ4v) is 4.45. The lowest BCUT2D eigenvalue weighted by Crippen LogP contribution is -2.31. The molecule has 0 aliphatic carbocycles. The van der Waals surface area contributed by atoms with Crippen molar-refractivity contribution in [2.75, 3.05) is 25.6 Å². The predicted molar refractivity (Wildman–Crippen MR) is 143 cm³/mol. The molecule has 1 heterocycles. The van der Waals surface area contributed by atoms with Crippen LogP contribution >= 0.6 is 0 Å². The molecule has 1 atom stereocenters. The SMILES string of the molecule is CN(C)c1ccc(C2CC(c3ccc4ccccc4c3)=NN2C(=O)COc2ccccc2C=O)cc1. The van der Waals surface area contributed by atoms with Crippen molar-refractivity contribution in [2.24, 2.45) is 5.10 Å². The number of benzene rings is 4. The quantitative estimate of drug-likeness (QED) is 0.331. The average Bonchev–Trinajstić information content (AvgIpc) is 3.37. The van der Waals surface area contributed by atoms with E-state index in [1.54, 1.807) is 24.3 Å². The van der Waals surface area contributed by atoms with Crippen molar-refractivity contribution in [1.29, 1.82) is 0 Å². The average molecular weight is 478 g/mol. The molecule has 0 fully saturated rings. The van der Waals surface area contributed by atoms with Crippen LogP contribution in [0.5, 0.6) is 5.75 Å². The fourth-order valence-electron chi connectivity index (χ4n) is 4.45. The highest BCUT2D eigenvalue weighted by molar-refractivity contribution is 6.05. The Morgan fingerprint density at radius 2 is 1.69 bits per heavy atom. The predicted octanol–water partition coefficient (Wildman–Crippen LogP) is 5.48. The van der Waals surface area contributed by atoms with Crippen LogP contribution in [0.2, 0.25) is 0 Å². The van der Waals surface area contributed by atoms with Crippen molar-refractivity contribution in [3.8, 4) is 5.75 Å². The Balaban J connectivity index is 1.45. The number of anilines is 1. The Morgan fingerprint density at radius 1 is 0.972 bits per heavy atom. The molecule has 1 aliphatic heterocycles. The number of fused-ring (bicyclic) bond motifs is 1. The molecule has 36 heavy (non-hydrogen) atoms. The van der Waals surface area contributed by atoms with Crippen molar-refractivity contribution >= 4 is 34.4 Å². The number of aldehydes is 1. The van der Waals surface area contributed by atoms with Gasteiger partial charge in [0.2, 0.25) is 0 Å². The standard InChI is InChI=1S/C30H27N3O3/c1-32(2)26-15-13-22(14-16-26)28-18-27(24-12-11-21-7-3-4-8-23(21)17-24)31-33(28)30(35)20-36-29-10-6-5-9-25(29)19-34/h3-17,19,28H,18,20H2,1-2H3. The third-order valence-corrected chi connectivity index (χ3v) is 6.44. The molecule has 0 N–H and O–H groups in total. The lowest BCUT2D eigenvalue weighted by Gasteiger charge is -2.23. The highest BCUT2D eigenvalue weighted by atomic mass is 16.5. The minimum atomic E-state index is -0.270. The van der Waals surface area contributed by atoms with E-state index in [0.717, 1.165) is 39.6 Å². The molecular weight excluding hydrogens is 450 g/mol. The molecule has 5 rings (SSSR count). The number of rotatable bonds is 7. The number of hydrogen-bond acceptors (Lipinski definition) is 5. The van der Waals surface area contributed by atoms with Crippen molar-refractivity contribution in [2.45, 2.75) is 12.5 Å². The van der Waals surface area contributed by atoms with Gasteiger partial charge in [0.1, 0.15) is 5.75 Å². The summed E-state index contributed by atoms with van der Waals surface area (Å²) in [5.74, 6) is 0.110. The second-order valence-electron chi connectivity index (χ2n) is 9.00. The molecule has 6 nitrogen and oxygen atoms in total. The molecule has 0 aromatic heterocycles. The number of nitrogens with zero attached hydrogens (tertiary/aromatic N) is 3. The van der Waals surface area contributed by atoms with Crippen LogP contribution in [0.3, 0.4) is 0 Å². The summed E-state index contributed by atoms with van der Waals surface area (Å²) in [6.45, 7) is -0.217. The van der Waals surface area contributed by atoms with E-state index in [1.807, 2.05) is 55.4 Å². The first-order valence-corrected chi connectivity index (χ1v) is 11.9. The zero-order chi connectivity index (χ0) is 25.1. The first-order chi connectivity index (χ1) is 17.5. The lowest BCUT2D eigenvalue weighted by molar-refractivity contribution is -0.135. The van der Waals surface area contributed by atoms with Crippen molar-refractivity contribution in [1.82, 2.24) is 5.01 Å². The smallest absolute Gasteiger partial charge is 0.281 e. The van der Waals surface area contributed by atoms with Gasteiger partial charge in [0.25, 0.3) is 5.91 Å². The van der Waals surface area contributed by atoms with Gasteiger partial charge in [-0.15, -0.1) is 0 Å². The van der Waals surface area contributed by atoms with E-state index >= 15 is 0 Å². The van der Waals surface area contributed by atoms with Gasteiger partial charge in [0, 0.05) is 26.2 Å². The van der Waals surface area contributed by atoms with Crippen molar-refractivity contribution in [3.63, 3.8) is 0 Å². The number of carbonyl (C=O) groups excluding carboxylic acids is 2. The molecule has 180 valence electrons. The highest BCUT2D eigenvalue weighted by Gasteiger charge is 2.33. The van der Waals surface area contributed by atoms with Gasteiger partial charge < -0.3 is 9.64 Å². The van der Waals surface area contributed by atoms with E-state index in [9.17, 15) is 9.59 Å². The molecule has 6 heteroatoms. The molecule has 0 saturated carbocycles. The second-order valence-corrected chi connectivity index (χ2v) is 9.00. The Hall–Kier alpha value is -4.45. The summed E-state index contributed by atoms with van der Waals surface area (Å²) in [6.07, 6.45) is 1.32. The number of para-hydroxylation sites is 1. The summed E-state index contributed by atoms with van der Waals surface area (Å²) in [5.41, 5.74) is 4.33. The van der Waals surface area contributed by atoms with Gasteiger partial charge in [-0.25, -0.2) is 5.01 Å². The zero-order valence-electron chi connectivity index (χ0n) is 20.3. The normalized spacial score (nSPS) is 15.0. The van der Waals surface area contributed by atoms with Crippen LogP contribution in [0, 0.1) is 0 Å². The van der Waals surface area contributed by atoms with Crippen LogP contribution in [-0.4, -0.2) is 43.6 Å². The maximum Gasteiger partial charge on any atom is 0.281 e. The molecule has 4 aromatic rings. The molecule has 0 spiro atoms. The largest absolute Gasteiger partial charge is 0.483 e. The Morgan fingerprint density at radius 3 is 2.44 bits per heavy atom. The first kappa shape index (κ1) is 23.3. The van der Waals surface area contributed by atoms with Crippen LogP contribution in [0.15, 0.2) is 96.1 Å². The Bertz CT molecular complexity index is 1440. The maximum absolute atomic E-state index is 13.4. The van der Waals surface area contributed by atoms with Crippen LogP contribution in [-0.2, 0) is 4.79 Å². The van der Waals surface area contributed by atoms with Gasteiger partial charge in [-0.05, 0) is 52.2 Å². The van der Waals surface area contributed by atoms with Crippen LogP contribution in [0.25, 0.3) is 10.8 Å². The third kappa shape index (κ3) is 4.70. The van der Waals surface area contributed by atoms with Crippen molar-refractivity contribution < 1.29 is 14.3 Å². The van der Waals surface area contributed by atoms with Gasteiger partial charge in [0.05, 0.1) is 17.3 Å². The number of ether oxygens (including phenoxy) is 1. The fraction of sp³-hybridized carbons (Fsp3) is 0.167. The highest BCUT2D eigenvalue weighted by Crippen LogP contribution is 2.34. The number of hydrazone groups is 1. The minimum absolute atomic E-state index is 0.217. The van der Waals surface area contributed by atoms with Crippen LogP contribution in [0.4, 0.5) is 5.69 Å². The van der Waals surface area contributed by atoms with Gasteiger partial charge in [0.15, 0.2) is 12.9 Å². The maximum atomic E-state index is 13.4. The molecule has 0 bridgehead atoms. The van der Waals surface area contributed by atoms with Gasteiger partial charge in [-0.3, -0.25) is 9.59 Å². The van der Waals surface area contributed by atoms with Crippen LogP contribution in [0.1, 0.15) is 33.9 Å². The zero-order valence-corrected chi connectivity index (χ0v) is 20.3. The summed E-state index contributed by atoms with van der Waals surface area (Å²) in [4.78, 5) is 26.7. The monoisotopic (exact) mass is 477 g/mol. The Labute approximate surface area is 210 Å². The topological polar surface area (TPSA) is 62.2 Å². The summed E-state index contributed by atoms with van der Waals surface area (Å²) in [7, 11) is 3.99. The van der Waals surface area contributed by atoms with E-state index in [1.165, 1.54) is 5.01 Å². The van der Waals surface area contributed by atoms with E-state index in [4.69, 9.17) is 9.84 Å². The van der Waals surface area contributed by atoms with E-state index in [0.29, 0.717) is 17.7 Å². The van der Waals surface area contributed by atoms with Crippen molar-refractivity contribution in [3.05, 3.63) is 108 Å². The molecule has 0 radical (unpaired) electrons. The molecular formula is C30H27N3O3. The van der Waals surface area contributed by atoms with Crippen LogP contribution < -0.4 is 9.64 Å². The summed E-state index contributed by atoms with van der Waals surface area (Å²) >= 11 is 0. The molecule has 1 amide bonds. The Kier molecular flexibility index (Phi) is 6.50. The van der Waals surface area contributed by atoms with E-state index in [-0.39, 0.29) is 18.6 Å². The first-order valence-electron chi connectivity index (χ1n) is 11.9. The van der Waals surface area contributed by atoms with Gasteiger partial charge in [-0.1, -0.05) is 60.7 Å². The molecule has 1 unspecified atom stereocenters. The summed E-state index contributed by atoms with van der Waals surface area (Å²) < 4.78 is 5.74. The molecule has 1 aliphatic rings. The summed E-state index contributed by atoms with van der Waals surface area (Å²) in [5, 5.41) is 8.59. The van der Waals surface area contributed by atoms with Gasteiger partial charge in [-0.2, -0.15) is 5.10 Å². The summed E-state index contributed by atoms with van der Waals surface area (Å²) in [6, 6.07) is 29.2.